The van der Waals surface area contributed by atoms with E-state index in [1.807, 2.05) is 13.8 Å². The molecule has 15 heteroatoms. The number of nitrogens with one attached hydrogen (secondary N) is 2. The zero-order valence-electron chi connectivity index (χ0n) is 28.3. The quantitative estimate of drug-likeness (QED) is 0.114. The lowest BCUT2D eigenvalue weighted by Gasteiger charge is -2.31. The molecule has 0 aliphatic rings. The van der Waals surface area contributed by atoms with E-state index in [2.05, 4.69) is 15.4 Å². The molecule has 0 unspecified atom stereocenters. The lowest BCUT2D eigenvalue weighted by Crippen LogP contribution is -2.45. The van der Waals surface area contributed by atoms with Crippen molar-refractivity contribution < 1.29 is 55.7 Å². The monoisotopic (exact) mass is 720 g/mol. The molecule has 1 amide bonds. The van der Waals surface area contributed by atoms with Crippen LogP contribution in [-0.2, 0) is 46.4 Å². The number of hydrogen-bond acceptors (Lipinski definition) is 9. The summed E-state index contributed by atoms with van der Waals surface area (Å²) in [4.78, 5) is 52.8. The molecule has 274 valence electrons. The van der Waals surface area contributed by atoms with Crippen LogP contribution in [0.15, 0.2) is 54.6 Å². The maximum Gasteiger partial charge on any atom is 0.573 e. The smallest absolute Gasteiger partial charge is 0.460 e. The largest absolute Gasteiger partial charge is 0.573 e. The Hall–Kier alpha value is -3.91. The molecule has 2 rings (SSSR count). The second-order valence-electron chi connectivity index (χ2n) is 12.3. The molecule has 0 bridgehead atoms. The van der Waals surface area contributed by atoms with Gasteiger partial charge in [-0.05, 0) is 62.9 Å². The van der Waals surface area contributed by atoms with Gasteiger partial charge in [0.05, 0.1) is 12.3 Å². The van der Waals surface area contributed by atoms with Gasteiger partial charge in [0.2, 0.25) is 12.0 Å². The summed E-state index contributed by atoms with van der Waals surface area (Å²) in [5.74, 6) is -5.49. The molecule has 0 aliphatic carbocycles. The number of rotatable bonds is 18. The van der Waals surface area contributed by atoms with Gasteiger partial charge in [-0.3, -0.25) is 14.4 Å². The fraction of sp³-hybridized carbons (Fsp3) is 0.529. The minimum atomic E-state index is -4.92. The highest BCUT2D eigenvalue weighted by Gasteiger charge is 2.41. The fourth-order valence-corrected chi connectivity index (χ4v) is 4.74. The number of esters is 3. The van der Waals surface area contributed by atoms with Gasteiger partial charge >= 0.3 is 24.3 Å². The van der Waals surface area contributed by atoms with Crippen molar-refractivity contribution in [2.75, 3.05) is 14.1 Å². The third-order valence-electron chi connectivity index (χ3n) is 7.05. The Morgan fingerprint density at radius 3 is 1.94 bits per heavy atom. The van der Waals surface area contributed by atoms with E-state index in [1.165, 1.54) is 33.0 Å². The summed E-state index contributed by atoms with van der Waals surface area (Å²) in [7, 11) is 2.89. The van der Waals surface area contributed by atoms with Crippen LogP contribution < -0.4 is 15.4 Å². The number of alkyl halides is 4. The topological polar surface area (TPSA) is 129 Å². The van der Waals surface area contributed by atoms with Crippen LogP contribution in [0.25, 0.3) is 0 Å². The highest BCUT2D eigenvalue weighted by atomic mass is 35.5. The second kappa shape index (κ2) is 19.9. The predicted octanol–water partition coefficient (Wildman–Crippen LogP) is 5.64. The van der Waals surface area contributed by atoms with Crippen LogP contribution >= 0.6 is 12.4 Å². The number of carbonyl (C=O) groups is 4. The molecular formula is C34H45ClF4N2O8. The summed E-state index contributed by atoms with van der Waals surface area (Å²) >= 11 is 0. The van der Waals surface area contributed by atoms with E-state index in [1.54, 1.807) is 37.4 Å². The van der Waals surface area contributed by atoms with E-state index in [0.717, 1.165) is 12.1 Å². The summed E-state index contributed by atoms with van der Waals surface area (Å²) in [6, 6.07) is 12.4. The van der Waals surface area contributed by atoms with E-state index >= 15 is 4.39 Å². The number of likely N-dealkylation sites (N-methyl/N-ethyl adjacent to an activating group) is 1. The van der Waals surface area contributed by atoms with E-state index < -0.39 is 78.6 Å². The molecule has 10 nitrogen and oxygen atoms in total. The molecular weight excluding hydrogens is 676 g/mol. The second-order valence-corrected chi connectivity index (χ2v) is 12.3. The van der Waals surface area contributed by atoms with Gasteiger partial charge in [-0.2, -0.15) is 0 Å². The number of halogens is 5. The van der Waals surface area contributed by atoms with Crippen molar-refractivity contribution in [1.29, 1.82) is 0 Å². The van der Waals surface area contributed by atoms with E-state index in [0.29, 0.717) is 12.0 Å². The van der Waals surface area contributed by atoms with Crippen LogP contribution in [0.1, 0.15) is 58.1 Å². The van der Waals surface area contributed by atoms with Crippen molar-refractivity contribution in [1.82, 2.24) is 10.6 Å². The molecule has 2 aromatic carbocycles. The number of carbonyl (C=O) groups excluding carboxylic acids is 4. The molecule has 4 atom stereocenters. The van der Waals surface area contributed by atoms with Gasteiger partial charge in [0.1, 0.15) is 30.2 Å². The lowest BCUT2D eigenvalue weighted by molar-refractivity contribution is -0.274. The average molecular weight is 721 g/mol. The van der Waals surface area contributed by atoms with Gasteiger partial charge in [0.15, 0.2) is 0 Å². The molecule has 0 fully saturated rings. The first-order chi connectivity index (χ1) is 22.4. The first-order valence-corrected chi connectivity index (χ1v) is 15.4. The number of ether oxygens (including phenoxy) is 4. The molecule has 0 aliphatic heterocycles. The van der Waals surface area contributed by atoms with Gasteiger partial charge in [0.25, 0.3) is 0 Å². The summed E-state index contributed by atoms with van der Waals surface area (Å²) in [5, 5.41) is 5.24. The van der Waals surface area contributed by atoms with E-state index in [4.69, 9.17) is 14.2 Å². The maximum atomic E-state index is 15.2. The number of amides is 1. The highest BCUT2D eigenvalue weighted by Crippen LogP contribution is 2.29. The van der Waals surface area contributed by atoms with Crippen LogP contribution in [0.4, 0.5) is 17.6 Å². The predicted molar refractivity (Wildman–Crippen MR) is 174 cm³/mol. The first-order valence-electron chi connectivity index (χ1n) is 15.4. The van der Waals surface area contributed by atoms with Crippen LogP contribution in [-0.4, -0.2) is 68.2 Å². The Kier molecular flexibility index (Phi) is 17.5. The summed E-state index contributed by atoms with van der Waals surface area (Å²) in [6.45, 7) is 5.97. The third-order valence-corrected chi connectivity index (χ3v) is 7.05. The lowest BCUT2D eigenvalue weighted by atomic mass is 9.88. The molecule has 0 spiro atoms. The maximum absolute atomic E-state index is 15.2. The Labute approximate surface area is 290 Å². The van der Waals surface area contributed by atoms with E-state index in [9.17, 15) is 32.3 Å². The summed E-state index contributed by atoms with van der Waals surface area (Å²) in [5.41, 5.74) is -1.12. The zero-order chi connectivity index (χ0) is 36.1. The molecule has 2 N–H and O–H groups in total. The third kappa shape index (κ3) is 16.4. The van der Waals surface area contributed by atoms with E-state index in [-0.39, 0.29) is 36.9 Å². The molecule has 0 heterocycles. The van der Waals surface area contributed by atoms with Gasteiger partial charge < -0.3 is 29.6 Å². The number of benzene rings is 2. The molecule has 49 heavy (non-hydrogen) atoms. The zero-order valence-corrected chi connectivity index (χ0v) is 29.1. The van der Waals surface area contributed by atoms with Crippen LogP contribution in [0.5, 0.6) is 5.75 Å². The first kappa shape index (κ1) is 43.1. The van der Waals surface area contributed by atoms with Gasteiger partial charge in [-0.25, -0.2) is 9.18 Å². The van der Waals surface area contributed by atoms with Crippen molar-refractivity contribution in [3.63, 3.8) is 0 Å². The number of hydrogen-bond donors (Lipinski definition) is 2. The fourth-order valence-electron chi connectivity index (χ4n) is 4.74. The van der Waals surface area contributed by atoms with Gasteiger partial charge in [-0.15, -0.1) is 25.6 Å². The molecule has 0 radical (unpaired) electrons. The standard InChI is InChI=1S/C34H44F4N2O8.ClH/c1-21(2)16-26(39-5)31(43)46-27(18-29(41)40-6)25(19-33(3,4)35)30(42)47-28(32(44)45-20-23-10-8-7-9-11-23)17-22-12-14-24(15-13-22)48-34(36,37)38;/h7-15,21,25-28,39H,16-20H2,1-6H3,(H,40,41);1H/t25-,26+,27+,28+;/m0./s1. The molecule has 0 saturated heterocycles. The average Bonchev–Trinajstić information content (AvgIpc) is 3.00. The Morgan fingerprint density at radius 1 is 0.816 bits per heavy atom. The van der Waals surface area contributed by atoms with Crippen LogP contribution in [0.3, 0.4) is 0 Å². The van der Waals surface area contributed by atoms with Crippen molar-refractivity contribution in [3.05, 3.63) is 65.7 Å². The van der Waals surface area contributed by atoms with Gasteiger partial charge in [0, 0.05) is 13.5 Å². The minimum Gasteiger partial charge on any atom is -0.460 e. The molecule has 0 aromatic heterocycles. The minimum absolute atomic E-state index is 0. The van der Waals surface area contributed by atoms with Gasteiger partial charge in [-0.1, -0.05) is 56.3 Å². The van der Waals surface area contributed by atoms with Crippen molar-refractivity contribution in [3.8, 4) is 5.75 Å². The Balaban J connectivity index is 0.0000120. The molecule has 2 aromatic rings. The SMILES string of the molecule is CNC(=O)C[C@@H](OC(=O)[C@@H](CC(C)C)NC)[C@H](CC(C)(C)F)C(=O)O[C@H](Cc1ccc(OC(F)(F)F)cc1)C(=O)OCc1ccccc1.Cl. The Bertz CT molecular complexity index is 1340. The Morgan fingerprint density at radius 2 is 1.43 bits per heavy atom. The van der Waals surface area contributed by atoms with Crippen LogP contribution in [0, 0.1) is 11.8 Å². The van der Waals surface area contributed by atoms with Crippen molar-refractivity contribution in [2.24, 2.45) is 11.8 Å². The van der Waals surface area contributed by atoms with Crippen molar-refractivity contribution in [2.45, 2.75) is 90.3 Å². The van der Waals surface area contributed by atoms with Crippen LogP contribution in [0.2, 0.25) is 0 Å². The molecule has 0 saturated carbocycles. The summed E-state index contributed by atoms with van der Waals surface area (Å²) < 4.78 is 73.7. The normalized spacial score (nSPS) is 14.0. The highest BCUT2D eigenvalue weighted by molar-refractivity contribution is 5.85. The summed E-state index contributed by atoms with van der Waals surface area (Å²) in [6.07, 6.45) is -9.09. The van der Waals surface area contributed by atoms with Crippen molar-refractivity contribution >= 4 is 36.2 Å².